The zero-order valence-electron chi connectivity index (χ0n) is 9.33. The molecule has 0 aliphatic carbocycles. The fraction of sp³-hybridized carbons (Fsp3) is 0.875. The van der Waals surface area contributed by atoms with Crippen LogP contribution >= 0.6 is 0 Å². The van der Waals surface area contributed by atoms with Crippen LogP contribution in [0.1, 0.15) is 13.3 Å². The normalized spacial score (nSPS) is 9.00. The summed E-state index contributed by atoms with van der Waals surface area (Å²) in [6.45, 7) is 3.49. The van der Waals surface area contributed by atoms with E-state index in [-0.39, 0.29) is 6.15 Å². The molecule has 0 amide bonds. The monoisotopic (exact) mass is 195 g/mol. The number of hydrogen-bond donors (Lipinski definition) is 2. The van der Waals surface area contributed by atoms with Crippen LogP contribution < -0.4 is 6.15 Å². The topological polar surface area (TPSA) is 81.5 Å². The molecule has 4 N–H and O–H groups in total. The molecule has 0 radical (unpaired) electrons. The van der Waals surface area contributed by atoms with Crippen LogP contribution in [-0.4, -0.2) is 50.5 Å². The first-order valence-electron chi connectivity index (χ1n) is 3.91. The lowest BCUT2D eigenvalue weighted by molar-refractivity contribution is -0.870. The average Bonchev–Trinajstić information content (AvgIpc) is 1.86. The highest BCUT2D eigenvalue weighted by Gasteiger charge is 2.01. The van der Waals surface area contributed by atoms with Crippen LogP contribution in [-0.2, 0) is 4.74 Å². The maximum atomic E-state index is 9.15. The van der Waals surface area contributed by atoms with Gasteiger partial charge in [0.25, 0.3) is 0 Å². The van der Waals surface area contributed by atoms with Gasteiger partial charge in [-0.2, -0.15) is 0 Å². The van der Waals surface area contributed by atoms with Crippen molar-refractivity contribution >= 4 is 6.16 Å². The van der Waals surface area contributed by atoms with Gasteiger partial charge in [-0.15, -0.1) is 0 Å². The first-order valence-corrected chi connectivity index (χ1v) is 3.91. The molecule has 0 aromatic heterocycles. The lowest BCUT2D eigenvalue weighted by Gasteiger charge is -2.22. The lowest BCUT2D eigenvalue weighted by Crippen LogP contribution is -2.34. The van der Waals surface area contributed by atoms with Gasteiger partial charge in [0.2, 0.25) is 0 Å². The average molecular weight is 195 g/mol. The highest BCUT2D eigenvalue weighted by atomic mass is 16.6. The summed E-state index contributed by atoms with van der Waals surface area (Å²) in [5.41, 5.74) is 0. The molecule has 13 heavy (non-hydrogen) atoms. The van der Waals surface area contributed by atoms with E-state index in [0.717, 1.165) is 11.6 Å². The van der Waals surface area contributed by atoms with Crippen molar-refractivity contribution in [1.82, 2.24) is 6.15 Å². The van der Waals surface area contributed by atoms with Crippen LogP contribution in [0.15, 0.2) is 0 Å². The lowest BCUT2D eigenvalue weighted by atomic mass is 10.4. The van der Waals surface area contributed by atoms with Crippen molar-refractivity contribution in [3.05, 3.63) is 0 Å². The minimum Gasteiger partial charge on any atom is -0.450 e. The third kappa shape index (κ3) is 35.1. The van der Waals surface area contributed by atoms with Crippen molar-refractivity contribution in [1.29, 1.82) is 0 Å². The molecule has 0 unspecified atom stereocenters. The summed E-state index contributed by atoms with van der Waals surface area (Å²) >= 11 is 0. The zero-order valence-corrected chi connectivity index (χ0v) is 9.33. The Hall–Kier alpha value is -0.810. The number of carbonyl (C=O) groups is 1. The minimum atomic E-state index is -1.25. The molecular formula is C8H23N2O3+. The van der Waals surface area contributed by atoms with Gasteiger partial charge in [-0.1, -0.05) is 6.92 Å². The molecule has 5 heteroatoms. The van der Waals surface area contributed by atoms with Gasteiger partial charge in [-0.05, 0) is 6.42 Å². The van der Waals surface area contributed by atoms with Crippen LogP contribution in [0.4, 0.5) is 4.79 Å². The number of methoxy groups -OCH3 is 1. The van der Waals surface area contributed by atoms with Crippen molar-refractivity contribution < 1.29 is 19.1 Å². The summed E-state index contributed by atoms with van der Waals surface area (Å²) < 4.78 is 4.76. The second-order valence-corrected chi connectivity index (χ2v) is 3.48. The van der Waals surface area contributed by atoms with E-state index in [1.807, 2.05) is 0 Å². The molecule has 0 atom stereocenters. The number of hydrogen-bond acceptors (Lipinski definition) is 3. The van der Waals surface area contributed by atoms with Crippen molar-refractivity contribution in [2.75, 3.05) is 34.8 Å². The Balaban J connectivity index is -0.000000150. The van der Waals surface area contributed by atoms with Crippen LogP contribution in [0.2, 0.25) is 0 Å². The van der Waals surface area contributed by atoms with Gasteiger partial charge in [0, 0.05) is 0 Å². The molecule has 0 fully saturated rings. The summed E-state index contributed by atoms with van der Waals surface area (Å²) in [5.74, 6) is 0. The maximum Gasteiger partial charge on any atom is 0.505 e. The Kier molecular flexibility index (Phi) is 12.9. The predicted molar refractivity (Wildman–Crippen MR) is 53.2 cm³/mol. The third-order valence-electron chi connectivity index (χ3n) is 1.07. The van der Waals surface area contributed by atoms with Gasteiger partial charge in [0.05, 0.1) is 34.8 Å². The van der Waals surface area contributed by atoms with Crippen molar-refractivity contribution in [3.63, 3.8) is 0 Å². The van der Waals surface area contributed by atoms with Gasteiger partial charge in [-0.3, -0.25) is 0 Å². The van der Waals surface area contributed by atoms with E-state index in [1.165, 1.54) is 13.0 Å². The summed E-state index contributed by atoms with van der Waals surface area (Å²) in [7, 11) is 7.73. The second kappa shape index (κ2) is 9.28. The number of nitrogens with zero attached hydrogens (tertiary/aromatic N) is 1. The molecule has 0 spiro atoms. The molecule has 82 valence electrons. The molecule has 5 nitrogen and oxygen atoms in total. The van der Waals surface area contributed by atoms with E-state index in [2.05, 4.69) is 32.8 Å². The van der Waals surface area contributed by atoms with Gasteiger partial charge >= 0.3 is 6.16 Å². The van der Waals surface area contributed by atoms with E-state index in [1.54, 1.807) is 0 Å². The molecule has 0 heterocycles. The first-order chi connectivity index (χ1) is 5.33. The summed E-state index contributed by atoms with van der Waals surface area (Å²) in [6.07, 6.45) is 0.0359. The SMILES string of the molecule is CCC[N+](C)(C)C.COC(=O)O.N. The van der Waals surface area contributed by atoms with Crippen LogP contribution in [0.5, 0.6) is 0 Å². The van der Waals surface area contributed by atoms with Crippen LogP contribution in [0.3, 0.4) is 0 Å². The Labute approximate surface area is 80.5 Å². The summed E-state index contributed by atoms with van der Waals surface area (Å²) in [6, 6.07) is 0. The summed E-state index contributed by atoms with van der Waals surface area (Å²) in [5, 5.41) is 7.50. The largest absolute Gasteiger partial charge is 0.505 e. The standard InChI is InChI=1S/C6H16N.C2H4O3.H3N/c1-5-6-7(2,3)4;1-5-2(3)4;/h5-6H2,1-4H3;1H3,(H,3,4);1H3/q+1;;. The molecule has 0 saturated carbocycles. The molecule has 0 bridgehead atoms. The van der Waals surface area contributed by atoms with E-state index in [9.17, 15) is 0 Å². The smallest absolute Gasteiger partial charge is 0.450 e. The van der Waals surface area contributed by atoms with Gasteiger partial charge < -0.3 is 20.5 Å². The molecule has 0 rings (SSSR count). The molecular weight excluding hydrogens is 172 g/mol. The van der Waals surface area contributed by atoms with Gasteiger partial charge in [0.1, 0.15) is 0 Å². The zero-order chi connectivity index (χ0) is 10.2. The second-order valence-electron chi connectivity index (χ2n) is 3.48. The fourth-order valence-corrected chi connectivity index (χ4v) is 0.671. The van der Waals surface area contributed by atoms with E-state index < -0.39 is 6.16 Å². The van der Waals surface area contributed by atoms with Crippen molar-refractivity contribution in [3.8, 4) is 0 Å². The molecule has 0 aromatic rings. The van der Waals surface area contributed by atoms with Gasteiger partial charge in [0.15, 0.2) is 0 Å². The molecule has 0 aliphatic rings. The van der Waals surface area contributed by atoms with Crippen molar-refractivity contribution in [2.45, 2.75) is 13.3 Å². The number of ether oxygens (including phenoxy) is 1. The Bertz CT molecular complexity index is 121. The van der Waals surface area contributed by atoms with Crippen LogP contribution in [0, 0.1) is 0 Å². The summed E-state index contributed by atoms with van der Waals surface area (Å²) in [4.78, 5) is 9.15. The minimum absolute atomic E-state index is 0. The molecule has 0 aliphatic heterocycles. The Morgan fingerprint density at radius 3 is 1.69 bits per heavy atom. The molecule has 0 saturated heterocycles. The number of carboxylic acid groups (broad SMARTS) is 1. The quantitative estimate of drug-likeness (QED) is 0.517. The van der Waals surface area contributed by atoms with Crippen molar-refractivity contribution in [2.24, 2.45) is 0 Å². The first kappa shape index (κ1) is 18.1. The Morgan fingerprint density at radius 2 is 1.69 bits per heavy atom. The highest BCUT2D eigenvalue weighted by Crippen LogP contribution is 1.90. The predicted octanol–water partition coefficient (Wildman–Crippen LogP) is 1.58. The number of rotatable bonds is 2. The van der Waals surface area contributed by atoms with E-state index >= 15 is 0 Å². The fourth-order valence-electron chi connectivity index (χ4n) is 0.671. The highest BCUT2D eigenvalue weighted by molar-refractivity contribution is 5.56. The van der Waals surface area contributed by atoms with E-state index in [4.69, 9.17) is 9.90 Å². The van der Waals surface area contributed by atoms with E-state index in [0.29, 0.717) is 0 Å². The Morgan fingerprint density at radius 1 is 1.38 bits per heavy atom. The maximum absolute atomic E-state index is 9.15. The molecule has 0 aromatic carbocycles. The number of quaternary nitrogens is 1. The van der Waals surface area contributed by atoms with Crippen LogP contribution in [0.25, 0.3) is 0 Å². The third-order valence-corrected chi connectivity index (χ3v) is 1.07. The van der Waals surface area contributed by atoms with Gasteiger partial charge in [-0.25, -0.2) is 4.79 Å².